The number of anilines is 1. The Balaban J connectivity index is 2.82. The monoisotopic (exact) mass is 261 g/mol. The highest BCUT2D eigenvalue weighted by atomic mass is 32.2. The van der Waals surface area contributed by atoms with Crippen LogP contribution in [-0.4, -0.2) is 20.9 Å². The molecule has 0 unspecified atom stereocenters. The molecule has 0 aliphatic carbocycles. The van der Waals surface area contributed by atoms with Gasteiger partial charge in [-0.2, -0.15) is 0 Å². The van der Waals surface area contributed by atoms with E-state index in [4.69, 9.17) is 11.5 Å². The van der Waals surface area contributed by atoms with Gasteiger partial charge in [-0.1, -0.05) is 0 Å². The van der Waals surface area contributed by atoms with Crippen molar-refractivity contribution in [2.24, 2.45) is 5.73 Å². The van der Waals surface area contributed by atoms with Gasteiger partial charge in [-0.15, -0.1) is 0 Å². The van der Waals surface area contributed by atoms with Crippen molar-refractivity contribution in [3.05, 3.63) is 24.0 Å². The first-order valence-corrected chi connectivity index (χ1v) is 6.14. The van der Waals surface area contributed by atoms with Crippen LogP contribution in [0.15, 0.2) is 23.1 Å². The molecule has 0 aliphatic rings. The first-order chi connectivity index (χ1) is 7.83. The van der Waals surface area contributed by atoms with Gasteiger partial charge in [0.25, 0.3) is 0 Å². The number of benzene rings is 1. The number of primary amides is 1. The molecule has 1 amide bonds. The Kier molecular flexibility index (Phi) is 4.02. The van der Waals surface area contributed by atoms with E-state index in [0.29, 0.717) is 0 Å². The van der Waals surface area contributed by atoms with Crippen LogP contribution >= 0.6 is 0 Å². The lowest BCUT2D eigenvalue weighted by molar-refractivity contribution is -0.117. The van der Waals surface area contributed by atoms with Crippen LogP contribution in [0.5, 0.6) is 0 Å². The number of hydrogen-bond donors (Lipinski definition) is 3. The van der Waals surface area contributed by atoms with E-state index >= 15 is 0 Å². The van der Waals surface area contributed by atoms with Gasteiger partial charge < -0.3 is 11.5 Å². The highest BCUT2D eigenvalue weighted by Gasteiger charge is 2.15. The average molecular weight is 261 g/mol. The van der Waals surface area contributed by atoms with Gasteiger partial charge in [-0.3, -0.25) is 4.79 Å². The SMILES string of the molecule is NC(=O)CCNS(=O)(=O)c1ccc(F)c(N)c1. The van der Waals surface area contributed by atoms with Crippen molar-refractivity contribution >= 4 is 21.6 Å². The highest BCUT2D eigenvalue weighted by Crippen LogP contribution is 2.16. The van der Waals surface area contributed by atoms with Crippen molar-refractivity contribution < 1.29 is 17.6 Å². The summed E-state index contributed by atoms with van der Waals surface area (Å²) < 4.78 is 38.3. The molecular formula is C9H12FN3O3S. The van der Waals surface area contributed by atoms with Gasteiger partial charge >= 0.3 is 0 Å². The molecule has 17 heavy (non-hydrogen) atoms. The molecular weight excluding hydrogens is 249 g/mol. The van der Waals surface area contributed by atoms with E-state index in [1.54, 1.807) is 0 Å². The molecule has 6 nitrogen and oxygen atoms in total. The maximum atomic E-state index is 12.8. The van der Waals surface area contributed by atoms with E-state index < -0.39 is 21.7 Å². The van der Waals surface area contributed by atoms with E-state index in [-0.39, 0.29) is 23.5 Å². The van der Waals surface area contributed by atoms with E-state index in [1.807, 2.05) is 0 Å². The van der Waals surface area contributed by atoms with Crippen LogP contribution in [0.25, 0.3) is 0 Å². The van der Waals surface area contributed by atoms with Crippen LogP contribution in [-0.2, 0) is 14.8 Å². The quantitative estimate of drug-likeness (QED) is 0.623. The third-order valence-electron chi connectivity index (χ3n) is 1.94. The molecule has 0 aromatic heterocycles. The normalized spacial score (nSPS) is 11.4. The summed E-state index contributed by atoms with van der Waals surface area (Å²) in [6, 6.07) is 3.04. The molecule has 0 saturated heterocycles. The molecule has 94 valence electrons. The molecule has 0 radical (unpaired) electrons. The fourth-order valence-corrected chi connectivity index (χ4v) is 2.15. The van der Waals surface area contributed by atoms with E-state index in [1.165, 1.54) is 0 Å². The van der Waals surface area contributed by atoms with E-state index in [0.717, 1.165) is 18.2 Å². The first-order valence-electron chi connectivity index (χ1n) is 4.66. The third-order valence-corrected chi connectivity index (χ3v) is 3.40. The highest BCUT2D eigenvalue weighted by molar-refractivity contribution is 7.89. The summed E-state index contributed by atoms with van der Waals surface area (Å²) >= 11 is 0. The predicted molar refractivity (Wildman–Crippen MR) is 59.8 cm³/mol. The van der Waals surface area contributed by atoms with Crippen molar-refractivity contribution in [1.82, 2.24) is 4.72 Å². The minimum atomic E-state index is -3.80. The molecule has 0 bridgehead atoms. The molecule has 0 fully saturated rings. The molecule has 0 atom stereocenters. The van der Waals surface area contributed by atoms with Crippen molar-refractivity contribution in [3.63, 3.8) is 0 Å². The number of nitrogen functional groups attached to an aromatic ring is 1. The summed E-state index contributed by atoms with van der Waals surface area (Å²) in [4.78, 5) is 10.3. The molecule has 5 N–H and O–H groups in total. The van der Waals surface area contributed by atoms with Gasteiger partial charge in [-0.25, -0.2) is 17.5 Å². The molecule has 1 aromatic carbocycles. The predicted octanol–water partition coefficient (Wildman–Crippen LogP) is -0.438. The van der Waals surface area contributed by atoms with Crippen molar-refractivity contribution in [1.29, 1.82) is 0 Å². The second-order valence-electron chi connectivity index (χ2n) is 3.30. The van der Waals surface area contributed by atoms with Crippen molar-refractivity contribution in [2.75, 3.05) is 12.3 Å². The van der Waals surface area contributed by atoms with Gasteiger partial charge in [-0.05, 0) is 18.2 Å². The Morgan fingerprint density at radius 1 is 1.41 bits per heavy atom. The van der Waals surface area contributed by atoms with Gasteiger partial charge in [0.1, 0.15) is 5.82 Å². The maximum absolute atomic E-state index is 12.8. The molecule has 1 rings (SSSR count). The number of nitrogens with one attached hydrogen (secondary N) is 1. The van der Waals surface area contributed by atoms with Crippen LogP contribution in [0.4, 0.5) is 10.1 Å². The number of nitrogens with two attached hydrogens (primary N) is 2. The molecule has 8 heteroatoms. The zero-order chi connectivity index (χ0) is 13.1. The number of rotatable bonds is 5. The van der Waals surface area contributed by atoms with Crippen LogP contribution in [0, 0.1) is 5.82 Å². The maximum Gasteiger partial charge on any atom is 0.240 e. The number of sulfonamides is 1. The zero-order valence-corrected chi connectivity index (χ0v) is 9.63. The standard InChI is InChI=1S/C9H12FN3O3S/c10-7-2-1-6(5-8(7)11)17(15,16)13-4-3-9(12)14/h1-2,5,13H,3-4,11H2,(H2,12,14). The smallest absolute Gasteiger partial charge is 0.240 e. The first kappa shape index (κ1) is 13.4. The number of carbonyl (C=O) groups is 1. The second kappa shape index (κ2) is 5.11. The van der Waals surface area contributed by atoms with Crippen molar-refractivity contribution in [2.45, 2.75) is 11.3 Å². The number of amides is 1. The van der Waals surface area contributed by atoms with Gasteiger partial charge in [0, 0.05) is 13.0 Å². The molecule has 0 spiro atoms. The van der Waals surface area contributed by atoms with Crippen LogP contribution in [0.3, 0.4) is 0 Å². The van der Waals surface area contributed by atoms with E-state index in [2.05, 4.69) is 4.72 Å². The zero-order valence-electron chi connectivity index (χ0n) is 8.81. The number of carbonyl (C=O) groups excluding carboxylic acids is 1. The minimum absolute atomic E-state index is 0.115. The topological polar surface area (TPSA) is 115 Å². The Morgan fingerprint density at radius 2 is 2.06 bits per heavy atom. The molecule has 0 aliphatic heterocycles. The summed E-state index contributed by atoms with van der Waals surface area (Å²) in [5, 5.41) is 0. The lowest BCUT2D eigenvalue weighted by Gasteiger charge is -2.06. The Bertz CT molecular complexity index is 530. The number of hydrogen-bond acceptors (Lipinski definition) is 4. The second-order valence-corrected chi connectivity index (χ2v) is 5.06. The fraction of sp³-hybridized carbons (Fsp3) is 0.222. The number of halogens is 1. The van der Waals surface area contributed by atoms with Crippen LogP contribution < -0.4 is 16.2 Å². The van der Waals surface area contributed by atoms with E-state index in [9.17, 15) is 17.6 Å². The molecule has 0 heterocycles. The third kappa shape index (κ3) is 3.68. The fourth-order valence-electron chi connectivity index (χ4n) is 1.08. The van der Waals surface area contributed by atoms with Crippen LogP contribution in [0.2, 0.25) is 0 Å². The Labute approximate surface area is 97.8 Å². The van der Waals surface area contributed by atoms with Gasteiger partial charge in [0.2, 0.25) is 15.9 Å². The summed E-state index contributed by atoms with van der Waals surface area (Å²) in [6.07, 6.45) is -0.115. The lowest BCUT2D eigenvalue weighted by atomic mass is 10.3. The Hall–Kier alpha value is -1.67. The van der Waals surface area contributed by atoms with Crippen LogP contribution in [0.1, 0.15) is 6.42 Å². The molecule has 1 aromatic rings. The van der Waals surface area contributed by atoms with Crippen molar-refractivity contribution in [3.8, 4) is 0 Å². The minimum Gasteiger partial charge on any atom is -0.396 e. The Morgan fingerprint density at radius 3 is 2.59 bits per heavy atom. The summed E-state index contributed by atoms with van der Waals surface area (Å²) in [7, 11) is -3.80. The lowest BCUT2D eigenvalue weighted by Crippen LogP contribution is -2.28. The summed E-state index contributed by atoms with van der Waals surface area (Å²) in [6.45, 7) is -0.116. The summed E-state index contributed by atoms with van der Waals surface area (Å²) in [5.41, 5.74) is 9.85. The summed E-state index contributed by atoms with van der Waals surface area (Å²) in [5.74, 6) is -1.31. The molecule has 0 saturated carbocycles. The average Bonchev–Trinajstić information content (AvgIpc) is 2.21. The van der Waals surface area contributed by atoms with Gasteiger partial charge in [0.15, 0.2) is 0 Å². The largest absolute Gasteiger partial charge is 0.396 e. The van der Waals surface area contributed by atoms with Gasteiger partial charge in [0.05, 0.1) is 10.6 Å².